The molecule has 3 aromatic rings. The number of pyridine rings is 1. The summed E-state index contributed by atoms with van der Waals surface area (Å²) in [5, 5.41) is 9.10. The fraction of sp³-hybridized carbons (Fsp3) is 0.391. The van der Waals surface area contributed by atoms with E-state index in [-0.39, 0.29) is 12.0 Å². The molecule has 1 saturated heterocycles. The minimum atomic E-state index is -0.531. The number of rotatable bonds is 5. The quantitative estimate of drug-likeness (QED) is 0.561. The number of esters is 1. The van der Waals surface area contributed by atoms with Crippen LogP contribution >= 0.6 is 0 Å². The molecule has 0 aromatic carbocycles. The van der Waals surface area contributed by atoms with Crippen molar-refractivity contribution < 1.29 is 9.53 Å². The van der Waals surface area contributed by atoms with Crippen LogP contribution in [0.1, 0.15) is 29.3 Å². The lowest BCUT2D eigenvalue weighted by molar-refractivity contribution is -0.142. The van der Waals surface area contributed by atoms with Crippen molar-refractivity contribution in [3.8, 4) is 0 Å². The molecule has 4 rings (SSSR count). The smallest absolute Gasteiger partial charge is 0.330 e. The third kappa shape index (κ3) is 4.23. The molecule has 3 aromatic heterocycles. The summed E-state index contributed by atoms with van der Waals surface area (Å²) in [6.45, 7) is 7.18. The molecule has 4 heterocycles. The molecule has 1 aliphatic heterocycles. The molecule has 1 unspecified atom stereocenters. The summed E-state index contributed by atoms with van der Waals surface area (Å²) in [6.07, 6.45) is 9.24. The van der Waals surface area contributed by atoms with Crippen LogP contribution in [0.3, 0.4) is 0 Å². The molecule has 9 heteroatoms. The lowest BCUT2D eigenvalue weighted by Gasteiger charge is -2.45. The summed E-state index contributed by atoms with van der Waals surface area (Å²) < 4.78 is 5.14. The van der Waals surface area contributed by atoms with Crippen molar-refractivity contribution in [2.75, 3.05) is 30.0 Å². The monoisotopic (exact) mass is 433 g/mol. The molecule has 0 spiro atoms. The van der Waals surface area contributed by atoms with E-state index in [0.29, 0.717) is 25.3 Å². The summed E-state index contributed by atoms with van der Waals surface area (Å²) in [4.78, 5) is 29.5. The van der Waals surface area contributed by atoms with Crippen molar-refractivity contribution in [3.05, 3.63) is 65.5 Å². The molecular weight excluding hydrogens is 406 g/mol. The Kier molecular flexibility index (Phi) is 6.25. The Morgan fingerprint density at radius 2 is 1.81 bits per heavy atom. The maximum absolute atomic E-state index is 12.8. The van der Waals surface area contributed by atoms with Crippen LogP contribution in [0.15, 0.2) is 43.1 Å². The minimum absolute atomic E-state index is 0.0885. The fourth-order valence-corrected chi connectivity index (χ4v) is 4.08. The van der Waals surface area contributed by atoms with Crippen molar-refractivity contribution in [3.63, 3.8) is 0 Å². The van der Waals surface area contributed by atoms with Gasteiger partial charge in [0.1, 0.15) is 11.9 Å². The van der Waals surface area contributed by atoms with Gasteiger partial charge >= 0.3 is 5.97 Å². The van der Waals surface area contributed by atoms with Crippen LogP contribution < -0.4 is 9.80 Å². The number of anilines is 2. The Bertz CT molecular complexity index is 1080. The lowest BCUT2D eigenvalue weighted by atomic mass is 10.0. The normalized spacial score (nSPS) is 18.5. The van der Waals surface area contributed by atoms with Crippen LogP contribution in [0.5, 0.6) is 0 Å². The number of carbonyl (C=O) groups excluding carboxylic acids is 1. The predicted molar refractivity (Wildman–Crippen MR) is 121 cm³/mol. The summed E-state index contributed by atoms with van der Waals surface area (Å²) in [5.74, 6) is 1.13. The zero-order valence-electron chi connectivity index (χ0n) is 18.8. The number of hydrogen-bond acceptors (Lipinski definition) is 9. The van der Waals surface area contributed by atoms with Gasteiger partial charge in [-0.1, -0.05) is 0 Å². The van der Waals surface area contributed by atoms with E-state index in [4.69, 9.17) is 4.74 Å². The maximum Gasteiger partial charge on any atom is 0.330 e. The second-order valence-electron chi connectivity index (χ2n) is 8.01. The molecule has 1 fully saturated rings. The summed E-state index contributed by atoms with van der Waals surface area (Å²) >= 11 is 0. The Morgan fingerprint density at radius 3 is 2.50 bits per heavy atom. The van der Waals surface area contributed by atoms with Crippen LogP contribution in [0.4, 0.5) is 11.6 Å². The average Bonchev–Trinajstić information content (AvgIpc) is 2.83. The summed E-state index contributed by atoms with van der Waals surface area (Å²) in [5.41, 5.74) is 4.12. The lowest BCUT2D eigenvalue weighted by Crippen LogP contribution is -2.61. The average molecular weight is 434 g/mol. The van der Waals surface area contributed by atoms with Crippen LogP contribution in [0, 0.1) is 13.8 Å². The molecule has 166 valence electrons. The number of methoxy groups -OCH3 is 1. The van der Waals surface area contributed by atoms with Crippen LogP contribution in [0.25, 0.3) is 0 Å². The Labute approximate surface area is 187 Å². The van der Waals surface area contributed by atoms with Gasteiger partial charge < -0.3 is 14.5 Å². The number of ether oxygens (including phenoxy) is 1. The summed E-state index contributed by atoms with van der Waals surface area (Å²) in [7, 11) is 1.41. The highest BCUT2D eigenvalue weighted by atomic mass is 16.5. The van der Waals surface area contributed by atoms with Gasteiger partial charge in [-0.2, -0.15) is 5.10 Å². The Morgan fingerprint density at radius 1 is 1.03 bits per heavy atom. The maximum atomic E-state index is 12.8. The molecule has 9 nitrogen and oxygen atoms in total. The fourth-order valence-electron chi connectivity index (χ4n) is 4.08. The number of carbonyl (C=O) groups is 1. The highest BCUT2D eigenvalue weighted by Crippen LogP contribution is 2.29. The molecule has 0 bridgehead atoms. The van der Waals surface area contributed by atoms with Crippen molar-refractivity contribution >= 4 is 17.6 Å². The number of nitrogens with zero attached hydrogens (tertiary/aromatic N) is 7. The van der Waals surface area contributed by atoms with E-state index >= 15 is 0 Å². The zero-order valence-corrected chi connectivity index (χ0v) is 18.8. The van der Waals surface area contributed by atoms with Gasteiger partial charge in [-0.15, -0.1) is 5.10 Å². The van der Waals surface area contributed by atoms with Crippen molar-refractivity contribution in [2.24, 2.45) is 0 Å². The van der Waals surface area contributed by atoms with Gasteiger partial charge in [-0.3, -0.25) is 9.97 Å². The largest absolute Gasteiger partial charge is 0.467 e. The van der Waals surface area contributed by atoms with E-state index in [9.17, 15) is 4.79 Å². The van der Waals surface area contributed by atoms with E-state index < -0.39 is 6.04 Å². The predicted octanol–water partition coefficient (Wildman–Crippen LogP) is 2.13. The SMILES string of the molecule is COC(=O)[C@H]1CN(c2cnccn2)C(C)CN1c1nnc(Cc2ccncc2)c(C)c1C. The first kappa shape index (κ1) is 21.6. The van der Waals surface area contributed by atoms with Gasteiger partial charge in [-0.25, -0.2) is 9.78 Å². The number of piperazine rings is 1. The first-order valence-electron chi connectivity index (χ1n) is 10.6. The first-order valence-corrected chi connectivity index (χ1v) is 10.6. The third-order valence-electron chi connectivity index (χ3n) is 6.05. The first-order chi connectivity index (χ1) is 15.5. The highest BCUT2D eigenvalue weighted by Gasteiger charge is 2.39. The van der Waals surface area contributed by atoms with Crippen LogP contribution in [0.2, 0.25) is 0 Å². The van der Waals surface area contributed by atoms with Gasteiger partial charge in [0.25, 0.3) is 0 Å². The van der Waals surface area contributed by atoms with Gasteiger partial charge in [0.15, 0.2) is 5.82 Å². The summed E-state index contributed by atoms with van der Waals surface area (Å²) in [6, 6.07) is 3.51. The molecular formula is C23H27N7O2. The Hall–Kier alpha value is -3.62. The molecule has 0 saturated carbocycles. The van der Waals surface area contributed by atoms with E-state index in [2.05, 4.69) is 43.9 Å². The molecule has 0 N–H and O–H groups in total. The van der Waals surface area contributed by atoms with Gasteiger partial charge in [0.2, 0.25) is 0 Å². The highest BCUT2D eigenvalue weighted by molar-refractivity contribution is 5.81. The molecule has 32 heavy (non-hydrogen) atoms. The molecule has 1 aliphatic rings. The van der Waals surface area contributed by atoms with E-state index in [1.54, 1.807) is 31.0 Å². The van der Waals surface area contributed by atoms with Crippen LogP contribution in [-0.4, -0.2) is 63.4 Å². The Balaban J connectivity index is 1.65. The van der Waals surface area contributed by atoms with E-state index in [1.165, 1.54) is 7.11 Å². The second-order valence-corrected chi connectivity index (χ2v) is 8.01. The molecule has 0 aliphatic carbocycles. The van der Waals surface area contributed by atoms with E-state index in [0.717, 1.165) is 28.2 Å². The van der Waals surface area contributed by atoms with Gasteiger partial charge in [0.05, 0.1) is 25.5 Å². The molecule has 2 atom stereocenters. The zero-order chi connectivity index (χ0) is 22.7. The molecule has 0 amide bonds. The second kappa shape index (κ2) is 9.25. The van der Waals surface area contributed by atoms with Crippen molar-refractivity contribution in [1.29, 1.82) is 0 Å². The topological polar surface area (TPSA) is 97.2 Å². The van der Waals surface area contributed by atoms with Gasteiger partial charge in [0, 0.05) is 43.8 Å². The van der Waals surface area contributed by atoms with Crippen molar-refractivity contribution in [1.82, 2.24) is 25.1 Å². The standard InChI is InChI=1S/C23H27N7O2/c1-15-13-30(20(23(31)32-4)14-29(15)21-12-25-9-10-26-21)22-17(3)16(2)19(27-28-22)11-18-5-7-24-8-6-18/h5-10,12,15,20H,11,13-14H2,1-4H3/t15?,20-/m1/s1. The minimum Gasteiger partial charge on any atom is -0.467 e. The van der Waals surface area contributed by atoms with Gasteiger partial charge in [-0.05, 0) is 49.6 Å². The van der Waals surface area contributed by atoms with E-state index in [1.807, 2.05) is 24.0 Å². The van der Waals surface area contributed by atoms with Crippen molar-refractivity contribution in [2.45, 2.75) is 39.3 Å². The third-order valence-corrected chi connectivity index (χ3v) is 6.05. The molecule has 0 radical (unpaired) electrons. The van der Waals surface area contributed by atoms with Crippen LogP contribution in [-0.2, 0) is 16.0 Å². The number of hydrogen-bond donors (Lipinski definition) is 0. The number of aromatic nitrogens is 5.